The summed E-state index contributed by atoms with van der Waals surface area (Å²) < 4.78 is 1.11. The third kappa shape index (κ3) is 2.53. The molecule has 1 saturated carbocycles. The van der Waals surface area contributed by atoms with Crippen LogP contribution in [-0.2, 0) is 0 Å². The molecule has 1 heterocycles. The van der Waals surface area contributed by atoms with Crippen molar-refractivity contribution in [2.75, 3.05) is 17.6 Å². The minimum Gasteiger partial charge on any atom is -0.397 e. The molecule has 0 radical (unpaired) electrons. The number of aliphatic hydroxyl groups is 1. The zero-order valence-electron chi connectivity index (χ0n) is 11.1. The van der Waals surface area contributed by atoms with Crippen molar-refractivity contribution in [3.05, 3.63) is 17.1 Å². The first kappa shape index (κ1) is 12.7. The van der Waals surface area contributed by atoms with E-state index < -0.39 is 5.60 Å². The van der Waals surface area contributed by atoms with Gasteiger partial charge in [-0.05, 0) is 31.9 Å². The highest BCUT2D eigenvalue weighted by Gasteiger charge is 2.30. The van der Waals surface area contributed by atoms with Gasteiger partial charge in [-0.1, -0.05) is 12.8 Å². The Kier molecular flexibility index (Phi) is 3.11. The largest absolute Gasteiger partial charge is 0.397 e. The Balaban J connectivity index is 1.82. The average molecular weight is 277 g/mol. The van der Waals surface area contributed by atoms with Gasteiger partial charge in [-0.3, -0.25) is 0 Å². The molecule has 19 heavy (non-hydrogen) atoms. The Hall–Kier alpha value is -1.33. The number of aromatic nitrogens is 1. The summed E-state index contributed by atoms with van der Waals surface area (Å²) in [7, 11) is 0. The van der Waals surface area contributed by atoms with E-state index in [1.54, 1.807) is 11.3 Å². The van der Waals surface area contributed by atoms with E-state index in [4.69, 9.17) is 5.73 Å². The lowest BCUT2D eigenvalue weighted by molar-refractivity contribution is 0.0615. The van der Waals surface area contributed by atoms with Crippen molar-refractivity contribution in [1.29, 1.82) is 0 Å². The van der Waals surface area contributed by atoms with Crippen LogP contribution in [0.15, 0.2) is 12.1 Å². The van der Waals surface area contributed by atoms with Gasteiger partial charge in [-0.25, -0.2) is 4.98 Å². The van der Waals surface area contributed by atoms with Gasteiger partial charge in [0.25, 0.3) is 0 Å². The summed E-state index contributed by atoms with van der Waals surface area (Å²) >= 11 is 1.65. The number of hydrogen-bond donors (Lipinski definition) is 3. The van der Waals surface area contributed by atoms with Crippen LogP contribution in [0.2, 0.25) is 0 Å². The molecule has 4 nitrogen and oxygen atoms in total. The van der Waals surface area contributed by atoms with E-state index in [0.717, 1.165) is 52.3 Å². The summed E-state index contributed by atoms with van der Waals surface area (Å²) in [4.78, 5) is 4.47. The number of nitrogen functional groups attached to an aromatic ring is 1. The zero-order chi connectivity index (χ0) is 13.5. The SMILES string of the molecule is Cc1nc2cc(NCC3(O)CCCC3)c(N)cc2s1. The number of nitrogens with zero attached hydrogens (tertiary/aromatic N) is 1. The highest BCUT2D eigenvalue weighted by atomic mass is 32.1. The lowest BCUT2D eigenvalue weighted by Gasteiger charge is -2.23. The van der Waals surface area contributed by atoms with Gasteiger partial charge in [-0.15, -0.1) is 11.3 Å². The molecule has 0 bridgehead atoms. The second kappa shape index (κ2) is 4.65. The van der Waals surface area contributed by atoms with E-state index in [1.165, 1.54) is 0 Å². The van der Waals surface area contributed by atoms with Crippen molar-refractivity contribution in [2.24, 2.45) is 0 Å². The zero-order valence-corrected chi connectivity index (χ0v) is 11.9. The Morgan fingerprint density at radius 1 is 1.42 bits per heavy atom. The number of nitrogens with one attached hydrogen (secondary N) is 1. The van der Waals surface area contributed by atoms with Gasteiger partial charge < -0.3 is 16.2 Å². The maximum absolute atomic E-state index is 10.3. The molecule has 0 spiro atoms. The molecule has 1 aliphatic rings. The van der Waals surface area contributed by atoms with E-state index in [9.17, 15) is 5.11 Å². The van der Waals surface area contributed by atoms with Crippen molar-refractivity contribution >= 4 is 32.9 Å². The van der Waals surface area contributed by atoms with Gasteiger partial charge in [-0.2, -0.15) is 0 Å². The van der Waals surface area contributed by atoms with Crippen molar-refractivity contribution in [3.8, 4) is 0 Å². The van der Waals surface area contributed by atoms with Gasteiger partial charge in [0.15, 0.2) is 0 Å². The van der Waals surface area contributed by atoms with Crippen molar-refractivity contribution in [2.45, 2.75) is 38.2 Å². The number of hydrogen-bond acceptors (Lipinski definition) is 5. The first-order valence-corrected chi connectivity index (χ1v) is 7.50. The fourth-order valence-electron chi connectivity index (χ4n) is 2.73. The van der Waals surface area contributed by atoms with Crippen LogP contribution < -0.4 is 11.1 Å². The molecule has 1 aliphatic carbocycles. The van der Waals surface area contributed by atoms with Gasteiger partial charge >= 0.3 is 0 Å². The molecule has 0 amide bonds. The van der Waals surface area contributed by atoms with Crippen LogP contribution in [-0.4, -0.2) is 22.2 Å². The topological polar surface area (TPSA) is 71.2 Å². The molecule has 0 atom stereocenters. The van der Waals surface area contributed by atoms with Crippen molar-refractivity contribution in [1.82, 2.24) is 4.98 Å². The number of benzene rings is 1. The summed E-state index contributed by atoms with van der Waals surface area (Å²) in [6.07, 6.45) is 3.96. The summed E-state index contributed by atoms with van der Waals surface area (Å²) in [5, 5.41) is 14.7. The molecule has 1 aromatic heterocycles. The summed E-state index contributed by atoms with van der Waals surface area (Å²) in [5.41, 5.74) is 8.05. The highest BCUT2D eigenvalue weighted by Crippen LogP contribution is 2.32. The predicted molar refractivity (Wildman–Crippen MR) is 80.7 cm³/mol. The Morgan fingerprint density at radius 3 is 2.89 bits per heavy atom. The van der Waals surface area contributed by atoms with Crippen LogP contribution in [0.3, 0.4) is 0 Å². The fourth-order valence-corrected chi connectivity index (χ4v) is 3.58. The highest BCUT2D eigenvalue weighted by molar-refractivity contribution is 7.18. The molecule has 2 aromatic rings. The molecule has 0 unspecified atom stereocenters. The minimum absolute atomic E-state index is 0.561. The third-order valence-corrected chi connectivity index (χ3v) is 4.74. The Bertz CT molecular complexity index is 602. The van der Waals surface area contributed by atoms with E-state index in [2.05, 4.69) is 10.3 Å². The molecule has 3 rings (SSSR count). The van der Waals surface area contributed by atoms with Crippen LogP contribution in [0.1, 0.15) is 30.7 Å². The number of nitrogens with two attached hydrogens (primary N) is 1. The Labute approximate surface area is 116 Å². The van der Waals surface area contributed by atoms with Crippen molar-refractivity contribution in [3.63, 3.8) is 0 Å². The van der Waals surface area contributed by atoms with Crippen molar-refractivity contribution < 1.29 is 5.11 Å². The second-order valence-corrected chi connectivity index (χ2v) is 6.66. The van der Waals surface area contributed by atoms with Crippen LogP contribution in [0, 0.1) is 6.92 Å². The molecule has 102 valence electrons. The number of aryl methyl sites for hydroxylation is 1. The molecule has 5 heteroatoms. The van der Waals surface area contributed by atoms with Gasteiger partial charge in [0.2, 0.25) is 0 Å². The van der Waals surface area contributed by atoms with Gasteiger partial charge in [0.05, 0.1) is 32.2 Å². The van der Waals surface area contributed by atoms with E-state index in [0.29, 0.717) is 6.54 Å². The molecule has 4 N–H and O–H groups in total. The van der Waals surface area contributed by atoms with Crippen LogP contribution in [0.4, 0.5) is 11.4 Å². The first-order valence-electron chi connectivity index (χ1n) is 6.69. The Morgan fingerprint density at radius 2 is 2.16 bits per heavy atom. The molecule has 1 aromatic carbocycles. The molecular weight excluding hydrogens is 258 g/mol. The summed E-state index contributed by atoms with van der Waals surface area (Å²) in [5.74, 6) is 0. The molecule has 0 aliphatic heterocycles. The van der Waals surface area contributed by atoms with Gasteiger partial charge in [0, 0.05) is 6.54 Å². The lowest BCUT2D eigenvalue weighted by Crippen LogP contribution is -2.33. The lowest BCUT2D eigenvalue weighted by atomic mass is 10.0. The first-order chi connectivity index (χ1) is 9.06. The normalized spacial score (nSPS) is 18.0. The maximum atomic E-state index is 10.3. The van der Waals surface area contributed by atoms with E-state index in [-0.39, 0.29) is 0 Å². The monoisotopic (exact) mass is 277 g/mol. The average Bonchev–Trinajstić information content (AvgIpc) is 2.92. The van der Waals surface area contributed by atoms with Gasteiger partial charge in [0.1, 0.15) is 0 Å². The molecular formula is C14H19N3OS. The predicted octanol–water partition coefficient (Wildman–Crippen LogP) is 2.90. The minimum atomic E-state index is -0.570. The molecule has 0 saturated heterocycles. The van der Waals surface area contributed by atoms with Crippen LogP contribution >= 0.6 is 11.3 Å². The quantitative estimate of drug-likeness (QED) is 0.754. The number of fused-ring (bicyclic) bond motifs is 1. The van der Waals surface area contributed by atoms with Crippen LogP contribution in [0.25, 0.3) is 10.2 Å². The standard InChI is InChI=1S/C14H19N3OS/c1-9-17-12-7-11(10(15)6-13(12)19-9)16-8-14(18)4-2-3-5-14/h6-7,16,18H,2-5,8,15H2,1H3. The smallest absolute Gasteiger partial charge is 0.0907 e. The number of anilines is 2. The number of rotatable bonds is 3. The fraction of sp³-hybridized carbons (Fsp3) is 0.500. The number of thiazole rings is 1. The van der Waals surface area contributed by atoms with E-state index in [1.807, 2.05) is 19.1 Å². The summed E-state index contributed by atoms with van der Waals surface area (Å²) in [6.45, 7) is 2.56. The second-order valence-electron chi connectivity index (χ2n) is 5.43. The molecule has 1 fully saturated rings. The maximum Gasteiger partial charge on any atom is 0.0907 e. The third-order valence-electron chi connectivity index (χ3n) is 3.81. The van der Waals surface area contributed by atoms with Crippen LogP contribution in [0.5, 0.6) is 0 Å². The summed E-state index contributed by atoms with van der Waals surface area (Å²) in [6, 6.07) is 3.94. The van der Waals surface area contributed by atoms with E-state index >= 15 is 0 Å².